The van der Waals surface area contributed by atoms with Crippen LogP contribution in [0.3, 0.4) is 0 Å². The second-order valence-corrected chi connectivity index (χ2v) is 11.1. The van der Waals surface area contributed by atoms with Crippen LogP contribution < -0.4 is 15.8 Å². The molecule has 1 aromatic heterocycles. The number of nitrogens with zero attached hydrogens (tertiary/aromatic N) is 4. The summed E-state index contributed by atoms with van der Waals surface area (Å²) in [5.74, 6) is -2.05. The Bertz CT molecular complexity index is 1860. The topological polar surface area (TPSA) is 127 Å². The summed E-state index contributed by atoms with van der Waals surface area (Å²) < 4.78 is 1.57. The molecule has 4 aromatic rings. The van der Waals surface area contributed by atoms with Gasteiger partial charge >= 0.3 is 0 Å². The van der Waals surface area contributed by atoms with E-state index < -0.39 is 34.2 Å². The first-order chi connectivity index (χ1) is 19.2. The van der Waals surface area contributed by atoms with E-state index >= 15 is 0 Å². The number of nitro groups is 1. The van der Waals surface area contributed by atoms with Gasteiger partial charge in [0.1, 0.15) is 11.4 Å². The number of carbonyl (C=O) groups is 2. The lowest BCUT2D eigenvalue weighted by Crippen LogP contribution is -2.51. The molecular formula is C30H25N5O5. The lowest BCUT2D eigenvalue weighted by Gasteiger charge is -2.32. The highest BCUT2D eigenvalue weighted by Gasteiger charge is 2.70. The molecule has 10 heteroatoms. The van der Waals surface area contributed by atoms with Crippen LogP contribution in [-0.2, 0) is 15.1 Å². The molecule has 0 aliphatic carbocycles. The van der Waals surface area contributed by atoms with Crippen molar-refractivity contribution in [3.8, 4) is 5.69 Å². The summed E-state index contributed by atoms with van der Waals surface area (Å²) in [5, 5.41) is 15.5. The van der Waals surface area contributed by atoms with E-state index in [0.717, 1.165) is 5.56 Å². The molecule has 2 amide bonds. The number of para-hydroxylation sites is 2. The second-order valence-electron chi connectivity index (χ2n) is 11.1. The lowest BCUT2D eigenvalue weighted by molar-refractivity contribution is -0.384. The SMILES string of the molecule is Cc1cc([N+](=O)[O-])ccc1N1C(=O)[C@H]2[C@@H](C1=O)[C@]1(N[C@H]2C(C)C)c2ccccc2-n2c1nc1ccccc1c2=O. The number of hydrogen-bond donors (Lipinski definition) is 1. The summed E-state index contributed by atoms with van der Waals surface area (Å²) >= 11 is 0. The number of nitrogens with one attached hydrogen (secondary N) is 1. The highest BCUT2D eigenvalue weighted by Crippen LogP contribution is 2.56. The largest absolute Gasteiger partial charge is 0.296 e. The zero-order valence-corrected chi connectivity index (χ0v) is 22.0. The van der Waals surface area contributed by atoms with Crippen LogP contribution in [0.15, 0.2) is 71.5 Å². The summed E-state index contributed by atoms with van der Waals surface area (Å²) in [6, 6.07) is 18.3. The Labute approximate surface area is 228 Å². The van der Waals surface area contributed by atoms with Gasteiger partial charge in [0.25, 0.3) is 11.2 Å². The molecule has 2 saturated heterocycles. The first-order valence-electron chi connectivity index (χ1n) is 13.2. The van der Waals surface area contributed by atoms with E-state index in [4.69, 9.17) is 4.98 Å². The number of anilines is 1. The summed E-state index contributed by atoms with van der Waals surface area (Å²) in [5.41, 5.74) is 1.05. The minimum Gasteiger partial charge on any atom is -0.296 e. The van der Waals surface area contributed by atoms with Crippen molar-refractivity contribution in [2.75, 3.05) is 4.90 Å². The Kier molecular flexibility index (Phi) is 4.96. The molecule has 4 atom stereocenters. The smallest absolute Gasteiger partial charge is 0.269 e. The highest BCUT2D eigenvalue weighted by atomic mass is 16.6. The van der Waals surface area contributed by atoms with E-state index in [0.29, 0.717) is 33.7 Å². The third kappa shape index (κ3) is 2.91. The van der Waals surface area contributed by atoms with E-state index in [2.05, 4.69) is 5.32 Å². The van der Waals surface area contributed by atoms with Gasteiger partial charge in [-0.1, -0.05) is 44.2 Å². The average molecular weight is 536 g/mol. The number of non-ortho nitro benzene ring substituents is 1. The average Bonchev–Trinajstić information content (AvgIpc) is 3.53. The first kappa shape index (κ1) is 24.3. The second kappa shape index (κ2) is 8.15. The number of imide groups is 1. The Hall–Kier alpha value is -4.70. The number of amides is 2. The quantitative estimate of drug-likeness (QED) is 0.241. The Balaban J connectivity index is 1.50. The van der Waals surface area contributed by atoms with Crippen molar-refractivity contribution in [3.63, 3.8) is 0 Å². The molecule has 0 saturated carbocycles. The third-order valence-electron chi connectivity index (χ3n) is 8.65. The maximum atomic E-state index is 14.5. The molecule has 4 heterocycles. The molecule has 40 heavy (non-hydrogen) atoms. The van der Waals surface area contributed by atoms with Gasteiger partial charge in [-0.05, 0) is 42.7 Å². The number of fused-ring (bicyclic) bond motifs is 8. The third-order valence-corrected chi connectivity index (χ3v) is 8.65. The number of aryl methyl sites for hydroxylation is 1. The van der Waals surface area contributed by atoms with Crippen molar-refractivity contribution >= 4 is 34.1 Å². The fraction of sp³-hybridized carbons (Fsp3) is 0.267. The van der Waals surface area contributed by atoms with E-state index in [1.165, 1.54) is 23.1 Å². The molecule has 0 bridgehead atoms. The summed E-state index contributed by atoms with van der Waals surface area (Å²) in [6.07, 6.45) is 0. The van der Waals surface area contributed by atoms with Crippen LogP contribution in [0.25, 0.3) is 16.6 Å². The lowest BCUT2D eigenvalue weighted by atomic mass is 9.75. The fourth-order valence-corrected chi connectivity index (χ4v) is 6.97. The number of aromatic nitrogens is 2. The Morgan fingerprint density at radius 2 is 1.70 bits per heavy atom. The minimum atomic E-state index is -1.23. The van der Waals surface area contributed by atoms with Gasteiger partial charge in [-0.15, -0.1) is 0 Å². The Morgan fingerprint density at radius 1 is 0.975 bits per heavy atom. The van der Waals surface area contributed by atoms with Gasteiger partial charge in [-0.3, -0.25) is 34.4 Å². The number of carbonyl (C=O) groups excluding carboxylic acids is 2. The van der Waals surface area contributed by atoms with Crippen molar-refractivity contribution in [2.45, 2.75) is 32.4 Å². The van der Waals surface area contributed by atoms with Crippen LogP contribution in [0.2, 0.25) is 0 Å². The zero-order chi connectivity index (χ0) is 28.1. The van der Waals surface area contributed by atoms with E-state index in [-0.39, 0.29) is 23.1 Å². The number of rotatable bonds is 3. The molecular weight excluding hydrogens is 510 g/mol. The number of benzene rings is 3. The predicted octanol–water partition coefficient (Wildman–Crippen LogP) is 3.59. The molecule has 0 unspecified atom stereocenters. The zero-order valence-electron chi connectivity index (χ0n) is 22.0. The van der Waals surface area contributed by atoms with Gasteiger partial charge in [0, 0.05) is 23.7 Å². The normalized spacial score (nSPS) is 24.7. The van der Waals surface area contributed by atoms with E-state index in [9.17, 15) is 24.5 Å². The molecule has 1 spiro atoms. The molecule has 1 N–H and O–H groups in total. The number of nitro benzene ring substituents is 1. The van der Waals surface area contributed by atoms with Gasteiger partial charge < -0.3 is 0 Å². The molecule has 200 valence electrons. The van der Waals surface area contributed by atoms with Crippen LogP contribution in [0.5, 0.6) is 0 Å². The van der Waals surface area contributed by atoms with Crippen molar-refractivity contribution < 1.29 is 14.5 Å². The molecule has 2 fully saturated rings. The summed E-state index contributed by atoms with van der Waals surface area (Å²) in [6.45, 7) is 5.64. The molecule has 3 aliphatic heterocycles. The monoisotopic (exact) mass is 535 g/mol. The van der Waals surface area contributed by atoms with Crippen LogP contribution in [0, 0.1) is 34.8 Å². The van der Waals surface area contributed by atoms with Gasteiger partial charge in [0.15, 0.2) is 0 Å². The summed E-state index contributed by atoms with van der Waals surface area (Å²) in [4.78, 5) is 59.5. The van der Waals surface area contributed by atoms with Gasteiger partial charge in [0.2, 0.25) is 11.8 Å². The van der Waals surface area contributed by atoms with E-state index in [1.54, 1.807) is 29.7 Å². The molecule has 0 radical (unpaired) electrons. The standard InChI is InChI=1S/C30H25N5O5/c1-15(2)25-23-24(28(38)33(27(23)37)21-13-12-17(35(39)40)14-16(21)3)30(32-25)19-9-5-7-11-22(19)34-26(36)18-8-4-6-10-20(18)31-29(30)34/h4-15,23-25,32H,1-3H3/t23-,24-,25-,30+/m0/s1. The summed E-state index contributed by atoms with van der Waals surface area (Å²) in [7, 11) is 0. The maximum Gasteiger partial charge on any atom is 0.269 e. The molecule has 3 aromatic carbocycles. The molecule has 10 nitrogen and oxygen atoms in total. The van der Waals surface area contributed by atoms with Crippen LogP contribution in [-0.4, -0.2) is 32.3 Å². The van der Waals surface area contributed by atoms with Crippen molar-refractivity contribution in [1.29, 1.82) is 0 Å². The predicted molar refractivity (Wildman–Crippen MR) is 147 cm³/mol. The highest BCUT2D eigenvalue weighted by molar-refractivity contribution is 6.23. The van der Waals surface area contributed by atoms with Crippen LogP contribution >= 0.6 is 0 Å². The minimum absolute atomic E-state index is 0.0325. The van der Waals surface area contributed by atoms with Crippen molar-refractivity contribution in [3.05, 3.63) is 104 Å². The molecule has 7 rings (SSSR count). The van der Waals surface area contributed by atoms with E-state index in [1.807, 2.05) is 44.2 Å². The van der Waals surface area contributed by atoms with Crippen molar-refractivity contribution in [2.24, 2.45) is 17.8 Å². The fourth-order valence-electron chi connectivity index (χ4n) is 6.97. The first-order valence-corrected chi connectivity index (χ1v) is 13.2. The van der Waals surface area contributed by atoms with Gasteiger partial charge in [0.05, 0.1) is 39.0 Å². The van der Waals surface area contributed by atoms with Crippen molar-refractivity contribution in [1.82, 2.24) is 14.9 Å². The van der Waals surface area contributed by atoms with Gasteiger partial charge in [-0.2, -0.15) is 0 Å². The molecule has 3 aliphatic rings. The Morgan fingerprint density at radius 3 is 2.42 bits per heavy atom. The van der Waals surface area contributed by atoms with Gasteiger partial charge in [-0.25, -0.2) is 9.88 Å². The number of hydrogen-bond acceptors (Lipinski definition) is 7. The van der Waals surface area contributed by atoms with Crippen LogP contribution in [0.1, 0.15) is 30.8 Å². The maximum absolute atomic E-state index is 14.5. The van der Waals surface area contributed by atoms with Crippen LogP contribution in [0.4, 0.5) is 11.4 Å².